The molecule has 9 heteroatoms. The molecule has 0 aromatic heterocycles. The van der Waals surface area contributed by atoms with Gasteiger partial charge in [0.1, 0.15) is 11.9 Å². The van der Waals surface area contributed by atoms with E-state index in [2.05, 4.69) is 0 Å². The fourth-order valence-corrected chi connectivity index (χ4v) is 5.70. The Morgan fingerprint density at radius 2 is 1.62 bits per heavy atom. The van der Waals surface area contributed by atoms with Gasteiger partial charge >= 0.3 is 6.18 Å². The van der Waals surface area contributed by atoms with Crippen LogP contribution in [-0.2, 0) is 22.3 Å². The van der Waals surface area contributed by atoms with Crippen molar-refractivity contribution in [3.63, 3.8) is 0 Å². The second-order valence-corrected chi connectivity index (χ2v) is 10.1. The number of benzene rings is 3. The molecule has 1 atom stereocenters. The molecule has 0 bridgehead atoms. The number of fused-ring (bicyclic) bond motifs is 5. The van der Waals surface area contributed by atoms with Crippen molar-refractivity contribution in [2.75, 3.05) is 18.0 Å². The van der Waals surface area contributed by atoms with Crippen LogP contribution in [0.15, 0.2) is 60.7 Å². The highest BCUT2D eigenvalue weighted by atomic mass is 19.4. The van der Waals surface area contributed by atoms with Gasteiger partial charge in [-0.05, 0) is 54.7 Å². The van der Waals surface area contributed by atoms with Gasteiger partial charge in [0.05, 0.1) is 29.8 Å². The normalized spacial score (nSPS) is 18.4. The van der Waals surface area contributed by atoms with Gasteiger partial charge in [0.15, 0.2) is 0 Å². The molecule has 3 aliphatic heterocycles. The van der Waals surface area contributed by atoms with Crippen molar-refractivity contribution in [3.8, 4) is 16.9 Å². The number of piperidine rings is 1. The van der Waals surface area contributed by atoms with Crippen LogP contribution < -0.4 is 9.64 Å². The van der Waals surface area contributed by atoms with Crippen LogP contribution in [0.4, 0.5) is 18.9 Å². The van der Waals surface area contributed by atoms with Gasteiger partial charge in [0, 0.05) is 24.2 Å². The number of halogens is 3. The van der Waals surface area contributed by atoms with Crippen LogP contribution in [0.5, 0.6) is 5.75 Å². The molecule has 1 fully saturated rings. The Balaban J connectivity index is 1.39. The lowest BCUT2D eigenvalue weighted by Crippen LogP contribution is -2.37. The van der Waals surface area contributed by atoms with E-state index in [4.69, 9.17) is 4.74 Å². The average molecular weight is 535 g/mol. The van der Waals surface area contributed by atoms with Crippen molar-refractivity contribution in [1.29, 1.82) is 0 Å². The summed E-state index contributed by atoms with van der Waals surface area (Å²) in [5.74, 6) is -0.953. The van der Waals surface area contributed by atoms with Gasteiger partial charge in [-0.25, -0.2) is 0 Å². The summed E-state index contributed by atoms with van der Waals surface area (Å²) in [6.45, 7) is 1.30. The van der Waals surface area contributed by atoms with Crippen molar-refractivity contribution in [2.45, 2.75) is 44.5 Å². The fourth-order valence-electron chi connectivity index (χ4n) is 5.70. The zero-order valence-corrected chi connectivity index (χ0v) is 21.0. The molecule has 3 aromatic rings. The summed E-state index contributed by atoms with van der Waals surface area (Å²) in [6.07, 6.45) is -2.24. The Morgan fingerprint density at radius 1 is 0.897 bits per heavy atom. The van der Waals surface area contributed by atoms with Gasteiger partial charge in [-0.2, -0.15) is 13.2 Å². The standard InChI is InChI=1S/C30H25F3N2O4/c31-30(32,33)19-10-8-18(9-11-19)17-35-22-13-12-21-20-6-2-3-7-23(20)39-24(26(21)27(22)28(37)29(35)38)16-25(36)34-14-4-1-5-15-34/h2-3,6-13,24H,1,4-5,14-17H2. The summed E-state index contributed by atoms with van der Waals surface area (Å²) >= 11 is 0. The monoisotopic (exact) mass is 534 g/mol. The molecule has 3 aromatic carbocycles. The van der Waals surface area contributed by atoms with E-state index in [1.54, 1.807) is 6.07 Å². The number of alkyl halides is 3. The zero-order valence-electron chi connectivity index (χ0n) is 21.0. The van der Waals surface area contributed by atoms with Gasteiger partial charge in [0.2, 0.25) is 5.91 Å². The molecule has 0 aliphatic carbocycles. The number of carbonyl (C=O) groups excluding carboxylic acids is 3. The quantitative estimate of drug-likeness (QED) is 0.389. The second kappa shape index (κ2) is 9.55. The van der Waals surface area contributed by atoms with E-state index >= 15 is 0 Å². The minimum atomic E-state index is -4.47. The van der Waals surface area contributed by atoms with Crippen LogP contribution >= 0.6 is 0 Å². The van der Waals surface area contributed by atoms with E-state index < -0.39 is 29.5 Å². The number of ketones is 1. The number of carbonyl (C=O) groups is 3. The van der Waals surface area contributed by atoms with Crippen molar-refractivity contribution < 1.29 is 32.3 Å². The Morgan fingerprint density at radius 3 is 2.33 bits per heavy atom. The molecule has 0 spiro atoms. The molecule has 1 unspecified atom stereocenters. The van der Waals surface area contributed by atoms with Gasteiger partial charge in [0.25, 0.3) is 11.7 Å². The maximum atomic E-state index is 13.4. The van der Waals surface area contributed by atoms with Crippen LogP contribution in [0.1, 0.15) is 58.8 Å². The number of hydrogen-bond donors (Lipinski definition) is 0. The lowest BCUT2D eigenvalue weighted by Gasteiger charge is -2.33. The van der Waals surface area contributed by atoms with Crippen molar-refractivity contribution in [1.82, 2.24) is 4.90 Å². The summed E-state index contributed by atoms with van der Waals surface area (Å²) in [5.41, 5.74) is 2.21. The smallest absolute Gasteiger partial charge is 0.416 e. The van der Waals surface area contributed by atoms with E-state index in [-0.39, 0.29) is 24.4 Å². The highest BCUT2D eigenvalue weighted by Gasteiger charge is 2.43. The number of para-hydroxylation sites is 1. The fraction of sp³-hybridized carbons (Fsp3) is 0.300. The highest BCUT2D eigenvalue weighted by molar-refractivity contribution is 6.52. The first kappa shape index (κ1) is 25.2. The first-order valence-corrected chi connectivity index (χ1v) is 13.0. The Labute approximate surface area is 223 Å². The van der Waals surface area contributed by atoms with Gasteiger partial charge in [-0.3, -0.25) is 14.4 Å². The molecule has 0 N–H and O–H groups in total. The summed E-state index contributed by atoms with van der Waals surface area (Å²) in [4.78, 5) is 42.9. The number of rotatable bonds is 4. The first-order valence-electron chi connectivity index (χ1n) is 13.0. The largest absolute Gasteiger partial charge is 0.484 e. The number of anilines is 1. The van der Waals surface area contributed by atoms with Crippen LogP contribution in [-0.4, -0.2) is 35.6 Å². The van der Waals surface area contributed by atoms with Crippen molar-refractivity contribution in [3.05, 3.63) is 82.9 Å². The molecule has 0 radical (unpaired) electrons. The number of ether oxygens (including phenoxy) is 1. The number of amides is 2. The Kier molecular flexibility index (Phi) is 6.16. The van der Waals surface area contributed by atoms with Crippen molar-refractivity contribution in [2.24, 2.45) is 0 Å². The van der Waals surface area contributed by atoms with E-state index in [1.807, 2.05) is 35.2 Å². The van der Waals surface area contributed by atoms with E-state index in [0.717, 1.165) is 42.5 Å². The lowest BCUT2D eigenvalue weighted by atomic mass is 9.86. The van der Waals surface area contributed by atoms with Gasteiger partial charge < -0.3 is 14.5 Å². The molecule has 1 saturated heterocycles. The second-order valence-electron chi connectivity index (χ2n) is 10.1. The molecular weight excluding hydrogens is 509 g/mol. The summed E-state index contributed by atoms with van der Waals surface area (Å²) < 4.78 is 45.3. The molecule has 0 saturated carbocycles. The summed E-state index contributed by atoms with van der Waals surface area (Å²) in [5, 5.41) is 0. The number of nitrogens with zero attached hydrogens (tertiary/aromatic N) is 2. The maximum Gasteiger partial charge on any atom is 0.416 e. The number of hydrogen-bond acceptors (Lipinski definition) is 4. The predicted octanol–water partition coefficient (Wildman–Crippen LogP) is 5.94. The Bertz CT molecular complexity index is 1480. The number of Topliss-reactive ketones (excluding diaryl/α,β-unsaturated/α-hetero) is 1. The molecule has 3 aliphatic rings. The third kappa shape index (κ3) is 4.45. The third-order valence-corrected chi connectivity index (χ3v) is 7.64. The average Bonchev–Trinajstić information content (AvgIpc) is 3.18. The molecular formula is C30H25F3N2O4. The lowest BCUT2D eigenvalue weighted by molar-refractivity contribution is -0.137. The number of likely N-dealkylation sites (tertiary alicyclic amines) is 1. The molecule has 2 amide bonds. The maximum absolute atomic E-state index is 13.4. The zero-order chi connectivity index (χ0) is 27.3. The van der Waals surface area contributed by atoms with Crippen LogP contribution in [0.25, 0.3) is 11.1 Å². The minimum Gasteiger partial charge on any atom is -0.484 e. The third-order valence-electron chi connectivity index (χ3n) is 7.64. The highest BCUT2D eigenvalue weighted by Crippen LogP contribution is 2.49. The first-order chi connectivity index (χ1) is 18.7. The summed E-state index contributed by atoms with van der Waals surface area (Å²) in [7, 11) is 0. The SMILES string of the molecule is O=C1C(=O)N(Cc2ccc(C(F)(F)F)cc2)c2ccc3c(c21)C(CC(=O)N1CCCCC1)Oc1ccccc1-3. The van der Waals surface area contributed by atoms with Crippen molar-refractivity contribution >= 4 is 23.3 Å². The molecule has 6 nitrogen and oxygen atoms in total. The van der Waals surface area contributed by atoms with E-state index in [0.29, 0.717) is 35.7 Å². The predicted molar refractivity (Wildman–Crippen MR) is 137 cm³/mol. The van der Waals surface area contributed by atoms with Gasteiger partial charge in [-0.1, -0.05) is 36.4 Å². The van der Waals surface area contributed by atoms with E-state index in [1.165, 1.54) is 17.0 Å². The Hall–Kier alpha value is -4.14. The van der Waals surface area contributed by atoms with E-state index in [9.17, 15) is 27.6 Å². The van der Waals surface area contributed by atoms with Crippen LogP contribution in [0.2, 0.25) is 0 Å². The minimum absolute atomic E-state index is 0.0260. The van der Waals surface area contributed by atoms with Gasteiger partial charge in [-0.15, -0.1) is 0 Å². The summed E-state index contributed by atoms with van der Waals surface area (Å²) in [6, 6.07) is 15.4. The topological polar surface area (TPSA) is 66.9 Å². The van der Waals surface area contributed by atoms with Crippen LogP contribution in [0.3, 0.4) is 0 Å². The molecule has 3 heterocycles. The molecule has 6 rings (SSSR count). The van der Waals surface area contributed by atoms with Crippen LogP contribution in [0, 0.1) is 0 Å². The molecule has 200 valence electrons. The molecule has 39 heavy (non-hydrogen) atoms.